The highest BCUT2D eigenvalue weighted by molar-refractivity contribution is 6.03. The van der Waals surface area contributed by atoms with Crippen LogP contribution >= 0.6 is 0 Å². The maximum atomic E-state index is 13.3. The van der Waals surface area contributed by atoms with Crippen LogP contribution in [0, 0.1) is 17.3 Å². The molecule has 0 radical (unpaired) electrons. The number of likely N-dealkylation sites (tertiary alicyclic amines) is 1. The molecule has 3 heterocycles. The molecule has 2 aromatic carbocycles. The lowest BCUT2D eigenvalue weighted by atomic mass is 9.89. The molecular weight excluding hydrogens is 520 g/mol. The molecule has 1 atom stereocenters. The maximum absolute atomic E-state index is 13.3. The Morgan fingerprint density at radius 3 is 2.63 bits per heavy atom. The second kappa shape index (κ2) is 11.2. The van der Waals surface area contributed by atoms with Crippen molar-refractivity contribution in [2.75, 3.05) is 38.2 Å². The SMILES string of the molecule is CN1C(=O)[C@H](NC(=O)c2cc(Oc3ccccc3)ccn2)COc2ccc(C#CC3(O)CN(CC(C)(C)C)C3)cc21. The molecule has 0 unspecified atom stereocenters. The zero-order chi connectivity index (χ0) is 29.2. The van der Waals surface area contributed by atoms with Crippen LogP contribution in [0.3, 0.4) is 0 Å². The number of benzene rings is 2. The minimum atomic E-state index is -1.05. The maximum Gasteiger partial charge on any atom is 0.270 e. The number of ether oxygens (including phenoxy) is 2. The molecule has 1 aromatic heterocycles. The Bertz CT molecular complexity index is 1500. The molecular formula is C32H34N4O5. The number of fused-ring (bicyclic) bond motifs is 1. The number of nitrogens with one attached hydrogen (secondary N) is 1. The van der Waals surface area contributed by atoms with Gasteiger partial charge in [0.05, 0.1) is 5.69 Å². The van der Waals surface area contributed by atoms with E-state index in [0.29, 0.717) is 41.6 Å². The van der Waals surface area contributed by atoms with Gasteiger partial charge in [0.1, 0.15) is 35.6 Å². The first kappa shape index (κ1) is 28.1. The van der Waals surface area contributed by atoms with Crippen molar-refractivity contribution in [1.29, 1.82) is 0 Å². The van der Waals surface area contributed by atoms with Crippen molar-refractivity contribution in [3.05, 3.63) is 78.1 Å². The summed E-state index contributed by atoms with van der Waals surface area (Å²) in [5.74, 6) is 6.77. The smallest absolute Gasteiger partial charge is 0.270 e. The molecule has 41 heavy (non-hydrogen) atoms. The topological polar surface area (TPSA) is 104 Å². The molecule has 9 nitrogen and oxygen atoms in total. The summed E-state index contributed by atoms with van der Waals surface area (Å²) in [7, 11) is 1.63. The van der Waals surface area contributed by atoms with Gasteiger partial charge in [-0.1, -0.05) is 50.8 Å². The summed E-state index contributed by atoms with van der Waals surface area (Å²) >= 11 is 0. The number of likely N-dealkylation sites (N-methyl/N-ethyl adjacent to an activating group) is 1. The van der Waals surface area contributed by atoms with E-state index in [-0.39, 0.29) is 23.6 Å². The summed E-state index contributed by atoms with van der Waals surface area (Å²) in [5, 5.41) is 13.5. The summed E-state index contributed by atoms with van der Waals surface area (Å²) in [6.45, 7) is 8.34. The summed E-state index contributed by atoms with van der Waals surface area (Å²) in [4.78, 5) is 34.1. The molecule has 5 rings (SSSR count). The first-order valence-electron chi connectivity index (χ1n) is 13.5. The summed E-state index contributed by atoms with van der Waals surface area (Å²) < 4.78 is 11.7. The van der Waals surface area contributed by atoms with E-state index in [4.69, 9.17) is 9.47 Å². The highest BCUT2D eigenvalue weighted by atomic mass is 16.5. The summed E-state index contributed by atoms with van der Waals surface area (Å²) in [6, 6.07) is 16.7. The van der Waals surface area contributed by atoms with Crippen LogP contribution in [0.25, 0.3) is 0 Å². The molecule has 2 aliphatic heterocycles. The van der Waals surface area contributed by atoms with Crippen LogP contribution in [0.15, 0.2) is 66.9 Å². The highest BCUT2D eigenvalue weighted by Gasteiger charge is 2.41. The lowest BCUT2D eigenvalue weighted by Gasteiger charge is -2.45. The molecule has 212 valence electrons. The van der Waals surface area contributed by atoms with Gasteiger partial charge in [0.15, 0.2) is 5.60 Å². The third kappa shape index (κ3) is 6.85. The number of amides is 2. The molecule has 0 saturated carbocycles. The fourth-order valence-corrected chi connectivity index (χ4v) is 4.88. The largest absolute Gasteiger partial charge is 0.489 e. The van der Waals surface area contributed by atoms with E-state index >= 15 is 0 Å². The number of β-amino-alcohol motifs (C(OH)–C–C–N with tert-alkyl or cyclic N) is 1. The van der Waals surface area contributed by atoms with Crippen LogP contribution in [0.5, 0.6) is 17.2 Å². The van der Waals surface area contributed by atoms with Gasteiger partial charge >= 0.3 is 0 Å². The number of aromatic nitrogens is 1. The van der Waals surface area contributed by atoms with Gasteiger partial charge in [0.25, 0.3) is 11.8 Å². The van der Waals surface area contributed by atoms with Gasteiger partial charge in [0, 0.05) is 44.5 Å². The van der Waals surface area contributed by atoms with Gasteiger partial charge in [-0.3, -0.25) is 19.5 Å². The standard InChI is InChI=1S/C32H34N4O5/c1-31(2,3)19-36-20-32(39,21-36)14-12-22-10-11-28-27(16-22)35(4)30(38)26(18-40-28)34-29(37)25-17-24(13-15-33-25)41-23-8-6-5-7-9-23/h5-11,13,15-17,26,39H,18-21H2,1-4H3,(H,34,37)/t26-/m1/s1. The number of carbonyl (C=O) groups excluding carboxylic acids is 2. The molecule has 2 aliphatic rings. The summed E-state index contributed by atoms with van der Waals surface area (Å²) in [5.41, 5.74) is 0.394. The van der Waals surface area contributed by atoms with Gasteiger partial charge in [-0.15, -0.1) is 0 Å². The molecule has 2 amide bonds. The van der Waals surface area contributed by atoms with Crippen molar-refractivity contribution in [2.24, 2.45) is 5.41 Å². The van der Waals surface area contributed by atoms with Crippen molar-refractivity contribution in [3.63, 3.8) is 0 Å². The van der Waals surface area contributed by atoms with Crippen molar-refractivity contribution in [3.8, 4) is 29.1 Å². The fraction of sp³-hybridized carbons (Fsp3) is 0.344. The predicted octanol–water partition coefficient (Wildman–Crippen LogP) is 3.47. The van der Waals surface area contributed by atoms with Gasteiger partial charge < -0.3 is 24.8 Å². The minimum Gasteiger partial charge on any atom is -0.489 e. The quantitative estimate of drug-likeness (QED) is 0.466. The zero-order valence-electron chi connectivity index (χ0n) is 23.7. The minimum absolute atomic E-state index is 0.0451. The lowest BCUT2D eigenvalue weighted by Crippen LogP contribution is -2.62. The summed E-state index contributed by atoms with van der Waals surface area (Å²) in [6.07, 6.45) is 1.48. The molecule has 1 fully saturated rings. The number of anilines is 1. The van der Waals surface area contributed by atoms with Crippen LogP contribution in [-0.4, -0.2) is 71.7 Å². The van der Waals surface area contributed by atoms with E-state index in [1.165, 1.54) is 17.2 Å². The Balaban J connectivity index is 1.24. The second-order valence-corrected chi connectivity index (χ2v) is 11.7. The average molecular weight is 555 g/mol. The molecule has 1 saturated heterocycles. The number of nitrogens with zero attached hydrogens (tertiary/aromatic N) is 3. The van der Waals surface area contributed by atoms with E-state index in [0.717, 1.165) is 6.54 Å². The van der Waals surface area contributed by atoms with Crippen LogP contribution in [0.1, 0.15) is 36.8 Å². The van der Waals surface area contributed by atoms with E-state index in [1.807, 2.05) is 30.3 Å². The Morgan fingerprint density at radius 1 is 1.15 bits per heavy atom. The first-order chi connectivity index (χ1) is 19.5. The number of hydrogen-bond acceptors (Lipinski definition) is 7. The van der Waals surface area contributed by atoms with E-state index in [9.17, 15) is 14.7 Å². The number of pyridine rings is 1. The van der Waals surface area contributed by atoms with Gasteiger partial charge in [-0.2, -0.15) is 0 Å². The molecule has 9 heteroatoms. The van der Waals surface area contributed by atoms with E-state index in [2.05, 4.69) is 47.8 Å². The third-order valence-corrected chi connectivity index (χ3v) is 6.71. The van der Waals surface area contributed by atoms with Crippen LogP contribution in [-0.2, 0) is 4.79 Å². The second-order valence-electron chi connectivity index (χ2n) is 11.7. The Kier molecular flexibility index (Phi) is 7.72. The van der Waals surface area contributed by atoms with Crippen LogP contribution in [0.2, 0.25) is 0 Å². The molecule has 2 N–H and O–H groups in total. The lowest BCUT2D eigenvalue weighted by molar-refractivity contribution is -0.120. The van der Waals surface area contributed by atoms with Crippen molar-refractivity contribution < 1.29 is 24.2 Å². The Labute approximate surface area is 240 Å². The predicted molar refractivity (Wildman–Crippen MR) is 155 cm³/mol. The highest BCUT2D eigenvalue weighted by Crippen LogP contribution is 2.32. The Morgan fingerprint density at radius 2 is 1.90 bits per heavy atom. The van der Waals surface area contributed by atoms with E-state index in [1.54, 1.807) is 31.3 Å². The molecule has 0 aliphatic carbocycles. The van der Waals surface area contributed by atoms with Gasteiger partial charge in [-0.25, -0.2) is 0 Å². The molecule has 0 bridgehead atoms. The van der Waals surface area contributed by atoms with Crippen molar-refractivity contribution in [2.45, 2.75) is 32.4 Å². The first-order valence-corrected chi connectivity index (χ1v) is 13.5. The van der Waals surface area contributed by atoms with Gasteiger partial charge in [-0.05, 0) is 41.8 Å². The molecule has 3 aromatic rings. The van der Waals surface area contributed by atoms with Crippen molar-refractivity contribution in [1.82, 2.24) is 15.2 Å². The monoisotopic (exact) mass is 554 g/mol. The normalized spacial score (nSPS) is 18.1. The number of para-hydroxylation sites is 1. The number of aliphatic hydroxyl groups is 1. The fourth-order valence-electron chi connectivity index (χ4n) is 4.88. The number of carbonyl (C=O) groups is 2. The average Bonchev–Trinajstić information content (AvgIpc) is 3.03. The Hall–Kier alpha value is -4.39. The zero-order valence-corrected chi connectivity index (χ0v) is 23.7. The third-order valence-electron chi connectivity index (χ3n) is 6.71. The number of rotatable bonds is 5. The molecule has 0 spiro atoms. The van der Waals surface area contributed by atoms with E-state index < -0.39 is 17.6 Å². The van der Waals surface area contributed by atoms with Crippen LogP contribution < -0.4 is 19.7 Å². The van der Waals surface area contributed by atoms with Crippen LogP contribution in [0.4, 0.5) is 5.69 Å². The van der Waals surface area contributed by atoms with Gasteiger partial charge in [0.2, 0.25) is 0 Å². The number of hydrogen-bond donors (Lipinski definition) is 2. The van der Waals surface area contributed by atoms with Crippen molar-refractivity contribution >= 4 is 17.5 Å².